The third-order valence-electron chi connectivity index (χ3n) is 5.39. The molecule has 1 aliphatic carbocycles. The SMILES string of the molecule is Cc1ccccc1[C@H]1[C@H](C(=O)c2ccccc2)C[C@H]1c1ccccn1. The first kappa shape index (κ1) is 15.8. The van der Waals surface area contributed by atoms with Gasteiger partial charge in [0.1, 0.15) is 0 Å². The fourth-order valence-corrected chi connectivity index (χ4v) is 4.03. The third-order valence-corrected chi connectivity index (χ3v) is 5.39. The number of carbonyl (C=O) groups excluding carboxylic acids is 1. The molecule has 3 atom stereocenters. The normalized spacial score (nSPS) is 22.2. The zero-order valence-electron chi connectivity index (χ0n) is 14.3. The summed E-state index contributed by atoms with van der Waals surface area (Å²) < 4.78 is 0. The van der Waals surface area contributed by atoms with Crippen LogP contribution >= 0.6 is 0 Å². The summed E-state index contributed by atoms with van der Waals surface area (Å²) in [7, 11) is 0. The van der Waals surface area contributed by atoms with Crippen molar-refractivity contribution in [1.29, 1.82) is 0 Å². The van der Waals surface area contributed by atoms with Crippen molar-refractivity contribution in [2.45, 2.75) is 25.2 Å². The van der Waals surface area contributed by atoms with Crippen molar-refractivity contribution in [3.05, 3.63) is 101 Å². The second-order valence-corrected chi connectivity index (χ2v) is 6.82. The van der Waals surface area contributed by atoms with Crippen molar-refractivity contribution in [3.63, 3.8) is 0 Å². The minimum Gasteiger partial charge on any atom is -0.294 e. The van der Waals surface area contributed by atoms with Crippen LogP contribution in [-0.4, -0.2) is 10.8 Å². The summed E-state index contributed by atoms with van der Waals surface area (Å²) in [6, 6.07) is 24.1. The average Bonchev–Trinajstić information content (AvgIpc) is 2.64. The van der Waals surface area contributed by atoms with Crippen LogP contribution in [0.5, 0.6) is 0 Å². The Kier molecular flexibility index (Phi) is 4.19. The van der Waals surface area contributed by atoms with Gasteiger partial charge in [-0.2, -0.15) is 0 Å². The van der Waals surface area contributed by atoms with Crippen LogP contribution in [-0.2, 0) is 0 Å². The molecular weight excluding hydrogens is 306 g/mol. The van der Waals surface area contributed by atoms with Crippen LogP contribution in [0.25, 0.3) is 0 Å². The van der Waals surface area contributed by atoms with Gasteiger partial charge in [0, 0.05) is 35.2 Å². The van der Waals surface area contributed by atoms with Crippen molar-refractivity contribution in [1.82, 2.24) is 4.98 Å². The van der Waals surface area contributed by atoms with Crippen LogP contribution in [0.4, 0.5) is 0 Å². The summed E-state index contributed by atoms with van der Waals surface area (Å²) in [5.74, 6) is 0.778. The highest BCUT2D eigenvalue weighted by atomic mass is 16.1. The quantitative estimate of drug-likeness (QED) is 0.620. The van der Waals surface area contributed by atoms with E-state index in [9.17, 15) is 4.79 Å². The summed E-state index contributed by atoms with van der Waals surface area (Å²) >= 11 is 0. The van der Waals surface area contributed by atoms with Crippen LogP contribution in [0, 0.1) is 12.8 Å². The molecule has 0 bridgehead atoms. The molecule has 2 aromatic carbocycles. The van der Waals surface area contributed by atoms with Crippen molar-refractivity contribution in [3.8, 4) is 0 Å². The smallest absolute Gasteiger partial charge is 0.166 e. The molecule has 4 rings (SSSR count). The summed E-state index contributed by atoms with van der Waals surface area (Å²) in [5, 5.41) is 0. The van der Waals surface area contributed by atoms with Gasteiger partial charge in [-0.15, -0.1) is 0 Å². The highest BCUT2D eigenvalue weighted by Gasteiger charge is 2.47. The van der Waals surface area contributed by atoms with E-state index in [1.807, 2.05) is 48.7 Å². The zero-order valence-corrected chi connectivity index (χ0v) is 14.3. The molecule has 0 spiro atoms. The van der Waals surface area contributed by atoms with Crippen LogP contribution in [0.1, 0.15) is 45.4 Å². The van der Waals surface area contributed by atoms with Crippen molar-refractivity contribution in [2.24, 2.45) is 5.92 Å². The molecule has 0 unspecified atom stereocenters. The predicted molar refractivity (Wildman–Crippen MR) is 99.8 cm³/mol. The predicted octanol–water partition coefficient (Wildman–Crippen LogP) is 5.16. The molecule has 0 radical (unpaired) electrons. The van der Waals surface area contributed by atoms with E-state index in [0.29, 0.717) is 5.92 Å². The number of rotatable bonds is 4. The molecule has 2 heteroatoms. The lowest BCUT2D eigenvalue weighted by Crippen LogP contribution is -2.39. The van der Waals surface area contributed by atoms with Gasteiger partial charge in [-0.05, 0) is 36.6 Å². The molecule has 25 heavy (non-hydrogen) atoms. The molecule has 1 aromatic heterocycles. The van der Waals surface area contributed by atoms with Crippen LogP contribution in [0.15, 0.2) is 79.0 Å². The number of Topliss-reactive ketones (excluding diaryl/α,β-unsaturated/α-hetero) is 1. The molecule has 2 nitrogen and oxygen atoms in total. The zero-order chi connectivity index (χ0) is 17.2. The van der Waals surface area contributed by atoms with Gasteiger partial charge in [0.15, 0.2) is 5.78 Å². The molecule has 0 saturated heterocycles. The van der Waals surface area contributed by atoms with E-state index in [4.69, 9.17) is 0 Å². The number of ketones is 1. The van der Waals surface area contributed by atoms with Gasteiger partial charge in [0.2, 0.25) is 0 Å². The Morgan fingerprint density at radius 3 is 2.36 bits per heavy atom. The Hall–Kier alpha value is -2.74. The average molecular weight is 327 g/mol. The number of benzene rings is 2. The van der Waals surface area contributed by atoms with Crippen LogP contribution in [0.2, 0.25) is 0 Å². The van der Waals surface area contributed by atoms with Gasteiger partial charge in [0.25, 0.3) is 0 Å². The lowest BCUT2D eigenvalue weighted by molar-refractivity contribution is 0.0777. The number of aromatic nitrogens is 1. The van der Waals surface area contributed by atoms with E-state index in [2.05, 4.69) is 42.2 Å². The van der Waals surface area contributed by atoms with E-state index in [1.54, 1.807) is 0 Å². The number of nitrogens with zero attached hydrogens (tertiary/aromatic N) is 1. The van der Waals surface area contributed by atoms with Crippen molar-refractivity contribution in [2.75, 3.05) is 0 Å². The van der Waals surface area contributed by atoms with Crippen molar-refractivity contribution < 1.29 is 4.79 Å². The minimum atomic E-state index is 0.0236. The summed E-state index contributed by atoms with van der Waals surface area (Å²) in [6.07, 6.45) is 2.71. The van der Waals surface area contributed by atoms with Crippen LogP contribution in [0.3, 0.4) is 0 Å². The highest BCUT2D eigenvalue weighted by Crippen LogP contribution is 2.54. The van der Waals surface area contributed by atoms with E-state index in [1.165, 1.54) is 11.1 Å². The second kappa shape index (κ2) is 6.64. The fraction of sp³-hybridized carbons (Fsp3) is 0.217. The lowest BCUT2D eigenvalue weighted by atomic mass is 9.58. The number of pyridine rings is 1. The Balaban J connectivity index is 1.71. The monoisotopic (exact) mass is 327 g/mol. The first-order chi connectivity index (χ1) is 12.3. The van der Waals surface area contributed by atoms with Gasteiger partial charge < -0.3 is 0 Å². The summed E-state index contributed by atoms with van der Waals surface area (Å²) in [5.41, 5.74) is 4.43. The van der Waals surface area contributed by atoms with E-state index in [0.717, 1.165) is 17.7 Å². The largest absolute Gasteiger partial charge is 0.294 e. The topological polar surface area (TPSA) is 30.0 Å². The lowest BCUT2D eigenvalue weighted by Gasteiger charge is -2.44. The van der Waals surface area contributed by atoms with Gasteiger partial charge in [-0.1, -0.05) is 60.7 Å². The molecule has 1 saturated carbocycles. The van der Waals surface area contributed by atoms with E-state index >= 15 is 0 Å². The van der Waals surface area contributed by atoms with Gasteiger partial charge in [0.05, 0.1) is 0 Å². The Morgan fingerprint density at radius 1 is 0.920 bits per heavy atom. The van der Waals surface area contributed by atoms with Crippen LogP contribution < -0.4 is 0 Å². The molecule has 0 amide bonds. The Morgan fingerprint density at radius 2 is 1.64 bits per heavy atom. The van der Waals surface area contributed by atoms with E-state index < -0.39 is 0 Å². The first-order valence-electron chi connectivity index (χ1n) is 8.81. The summed E-state index contributed by atoms with van der Waals surface area (Å²) in [4.78, 5) is 17.6. The van der Waals surface area contributed by atoms with Crippen molar-refractivity contribution >= 4 is 5.78 Å². The number of hydrogen-bond acceptors (Lipinski definition) is 2. The van der Waals surface area contributed by atoms with Gasteiger partial charge in [-0.3, -0.25) is 9.78 Å². The first-order valence-corrected chi connectivity index (χ1v) is 8.81. The number of aryl methyl sites for hydroxylation is 1. The summed E-state index contributed by atoms with van der Waals surface area (Å²) in [6.45, 7) is 2.13. The maximum absolute atomic E-state index is 13.1. The maximum atomic E-state index is 13.1. The standard InChI is InChI=1S/C23H21NO/c1-16-9-5-6-12-18(16)22-19(21-13-7-8-14-24-21)15-20(22)23(25)17-10-3-2-4-11-17/h2-14,19-20,22H,15H2,1H3/t19-,20+,22+/m0/s1. The molecule has 1 aliphatic rings. The van der Waals surface area contributed by atoms with Gasteiger partial charge in [-0.25, -0.2) is 0 Å². The molecule has 1 fully saturated rings. The molecule has 124 valence electrons. The Labute approximate surface area is 148 Å². The van der Waals surface area contributed by atoms with Gasteiger partial charge >= 0.3 is 0 Å². The van der Waals surface area contributed by atoms with E-state index in [-0.39, 0.29) is 17.6 Å². The molecule has 0 aliphatic heterocycles. The number of carbonyl (C=O) groups is 1. The Bertz CT molecular complexity index is 873. The molecule has 1 heterocycles. The maximum Gasteiger partial charge on any atom is 0.166 e. The molecular formula is C23H21NO. The highest BCUT2D eigenvalue weighted by molar-refractivity contribution is 5.99. The second-order valence-electron chi connectivity index (χ2n) is 6.82. The molecule has 0 N–H and O–H groups in total. The minimum absolute atomic E-state index is 0.0236. The molecule has 3 aromatic rings. The fourth-order valence-electron chi connectivity index (χ4n) is 4.03. The number of hydrogen-bond donors (Lipinski definition) is 0. The third kappa shape index (κ3) is 2.89.